The molecule has 1 amide bonds. The molecule has 21 nitrogen and oxygen atoms in total. The van der Waals surface area contributed by atoms with Crippen molar-refractivity contribution in [3.63, 3.8) is 0 Å². The molecule has 2 N–H and O–H groups in total. The molecule has 0 aromatic heterocycles. The molecule has 2 aliphatic heterocycles. The van der Waals surface area contributed by atoms with Crippen LogP contribution in [0.25, 0.3) is 0 Å². The van der Waals surface area contributed by atoms with Gasteiger partial charge in [-0.05, 0) is 127 Å². The fraction of sp³-hybridized carbons (Fsp3) is 0.378. The molecule has 9 rings (SSSR count). The van der Waals surface area contributed by atoms with E-state index in [0.717, 1.165) is 83.6 Å². The van der Waals surface area contributed by atoms with Crippen LogP contribution >= 0.6 is 0 Å². The fourth-order valence-corrected chi connectivity index (χ4v) is 13.6. The minimum absolute atomic E-state index is 0. The smallest absolute Gasteiger partial charge is 0.744 e. The molecule has 0 fully saturated rings. The number of rotatable bonds is 33. The number of nitrogens with one attached hydrogen (secondary N) is 2. The molecular weight excluding hydrogens is 1390 g/mol. The van der Waals surface area contributed by atoms with Gasteiger partial charge in [0.15, 0.2) is 5.71 Å². The molecule has 6 aromatic carbocycles. The van der Waals surface area contributed by atoms with Crippen molar-refractivity contribution in [2.45, 2.75) is 125 Å². The number of hydrogen-bond donors (Lipinski definition) is 2. The van der Waals surface area contributed by atoms with E-state index < -0.39 is 52.4 Å². The van der Waals surface area contributed by atoms with Crippen molar-refractivity contribution in [1.82, 2.24) is 10.6 Å². The Labute approximate surface area is 641 Å². The Bertz CT molecular complexity index is 4210. The minimum atomic E-state index is -4.75. The maximum absolute atomic E-state index is 13.0. The van der Waals surface area contributed by atoms with Crippen molar-refractivity contribution in [2.75, 3.05) is 70.7 Å². The largest absolute Gasteiger partial charge is 1.00 e. The van der Waals surface area contributed by atoms with Gasteiger partial charge in [0.2, 0.25) is 5.91 Å². The number of nitrogens with zero attached hydrogens (tertiary/aromatic N) is 2. The summed E-state index contributed by atoms with van der Waals surface area (Å²) in [5, 5.41) is 6.86. The van der Waals surface area contributed by atoms with Crippen LogP contribution in [0.4, 0.5) is 11.4 Å². The Morgan fingerprint density at radius 2 is 1.19 bits per heavy atom. The zero-order valence-corrected chi connectivity index (χ0v) is 65.6. The Kier molecular flexibility index (Phi) is 35.1. The van der Waals surface area contributed by atoms with E-state index in [1.165, 1.54) is 47.6 Å². The summed E-state index contributed by atoms with van der Waals surface area (Å²) in [7, 11) is -15.7. The summed E-state index contributed by atoms with van der Waals surface area (Å²) in [5.74, 6) is 0.950. The van der Waals surface area contributed by atoms with Crippen molar-refractivity contribution in [3.8, 4) is 5.75 Å². The number of anilines is 1. The predicted molar refractivity (Wildman–Crippen MR) is 374 cm³/mol. The van der Waals surface area contributed by atoms with Gasteiger partial charge in [-0.3, -0.25) is 10.1 Å². The van der Waals surface area contributed by atoms with Crippen LogP contribution in [0, 0.1) is 6.07 Å². The zero-order valence-electron chi connectivity index (χ0n) is 58.4. The molecule has 0 atom stereocenters. The van der Waals surface area contributed by atoms with Crippen LogP contribution in [0.15, 0.2) is 208 Å². The Morgan fingerprint density at radius 3 is 1.75 bits per heavy atom. The van der Waals surface area contributed by atoms with Crippen LogP contribution in [0.5, 0.6) is 5.75 Å². The van der Waals surface area contributed by atoms with Crippen LogP contribution in [-0.4, -0.2) is 133 Å². The molecule has 0 spiro atoms. The van der Waals surface area contributed by atoms with Crippen LogP contribution in [0.1, 0.15) is 127 Å². The summed E-state index contributed by atoms with van der Waals surface area (Å²) in [6, 6.07) is 50.9. The molecule has 0 saturated carbocycles. The van der Waals surface area contributed by atoms with E-state index >= 15 is 0 Å². The SMILES string of the molecule is CCCC[N+]1=C(C=CC2=C(Oc3ccc(S(=O)(=O)[O-])cc3)C(=CC=C3N(CCCCCC(=O)NCCCOCCOCCOCCNC(c4ccccc4)(c4ccccc4)c4ccccc4)c4ccc(S(=O)(=O)[O-])cc4C3(C)C)CCC2)C(C)(C)c2c[c-]ccc21.O=S(=O)=O.O=S(=O)=O.[Na+].[Na+]. The monoisotopic (exact) mass is 1480 g/mol. The molecule has 530 valence electrons. The molecule has 0 radical (unpaired) electrons. The van der Waals surface area contributed by atoms with E-state index in [2.05, 4.69) is 144 Å². The molecule has 6 aromatic rings. The van der Waals surface area contributed by atoms with Crippen molar-refractivity contribution < 1.29 is 139 Å². The first-order valence-corrected chi connectivity index (χ1v) is 37.7. The number of fused-ring (bicyclic) bond motifs is 2. The number of ether oxygens (including phenoxy) is 4. The number of carbonyl (C=O) groups excluding carboxylic acids is 1. The second kappa shape index (κ2) is 41.4. The standard InChI is InChI=1S/C74H88N4O11S2.2Na.2O3S/c1-6-7-47-77-66-33-20-19-32-64(66)72(2,3)68(77)43-35-56-24-22-25-57(71(56)89-61-37-39-62(40-38-61)90(80,81)82)36-44-69-73(4,5)65-55-63(91(83,84)85)41-42-67(65)78(69)48-21-11-18-34-70(79)75-45-23-49-86-51-53-88-54-52-87-50-46-76-74(58-26-12-8-13-27-58,59-28-14-9-15-29-59)60-30-16-10-17-31-60;;;2*1-4(2)3/h8-10,12-17,20,26-33,35-44,55,76H,6-7,11,18,21-25,34,45-54H2,1-5H3,(H,75,79)(H,80,81,82)(H,83,84,85);;;;/q;2*+1;;/p-2. The van der Waals surface area contributed by atoms with Crippen molar-refractivity contribution >= 4 is 64.4 Å². The quantitative estimate of drug-likeness (QED) is 0.0139. The van der Waals surface area contributed by atoms with Crippen molar-refractivity contribution in [1.29, 1.82) is 0 Å². The maximum Gasteiger partial charge on any atom is 1.00 e. The summed E-state index contributed by atoms with van der Waals surface area (Å²) in [4.78, 5) is 14.5. The molecule has 101 heavy (non-hydrogen) atoms. The fourth-order valence-electron chi connectivity index (χ4n) is 12.6. The molecule has 0 saturated heterocycles. The molecule has 3 aliphatic rings. The predicted octanol–water partition coefficient (Wildman–Crippen LogP) is 4.85. The molecule has 0 bridgehead atoms. The van der Waals surface area contributed by atoms with Gasteiger partial charge in [0, 0.05) is 67.4 Å². The Hall–Kier alpha value is -6.08. The Balaban J connectivity index is 0.00000174. The summed E-state index contributed by atoms with van der Waals surface area (Å²) in [6.45, 7) is 16.0. The third-order valence-corrected chi connectivity index (χ3v) is 19.1. The van der Waals surface area contributed by atoms with Crippen molar-refractivity contribution in [3.05, 3.63) is 232 Å². The topological polar surface area (TPSA) is 301 Å². The molecule has 2 heterocycles. The Morgan fingerprint density at radius 1 is 0.634 bits per heavy atom. The second-order valence-electron chi connectivity index (χ2n) is 24.7. The molecule has 1 aliphatic carbocycles. The third kappa shape index (κ3) is 24.5. The number of unbranched alkanes of at least 4 members (excludes halogenated alkanes) is 3. The van der Waals surface area contributed by atoms with E-state index in [9.17, 15) is 30.7 Å². The summed E-state index contributed by atoms with van der Waals surface area (Å²) >= 11 is 0. The van der Waals surface area contributed by atoms with Gasteiger partial charge in [0.1, 0.15) is 44.0 Å². The van der Waals surface area contributed by atoms with Crippen LogP contribution in [-0.2, 0) is 76.8 Å². The average molecular weight is 1480 g/mol. The number of benzene rings is 6. The molecule has 0 unspecified atom stereocenters. The summed E-state index contributed by atoms with van der Waals surface area (Å²) in [5.41, 5.74) is 9.61. The van der Waals surface area contributed by atoms with E-state index in [-0.39, 0.29) is 80.2 Å². The van der Waals surface area contributed by atoms with E-state index in [0.29, 0.717) is 108 Å². The van der Waals surface area contributed by atoms with Gasteiger partial charge >= 0.3 is 80.3 Å². The number of hydrogen-bond acceptors (Lipinski definition) is 19. The first-order valence-electron chi connectivity index (χ1n) is 32.9. The second-order valence-corrected chi connectivity index (χ2v) is 28.3. The molecular formula is C74H86N4Na2O17S4. The minimum Gasteiger partial charge on any atom is -0.744 e. The van der Waals surface area contributed by atoms with Gasteiger partial charge in [-0.25, -0.2) is 21.4 Å². The first-order chi connectivity index (χ1) is 47.3. The van der Waals surface area contributed by atoms with Gasteiger partial charge in [-0.15, -0.1) is 31.3 Å². The van der Waals surface area contributed by atoms with Gasteiger partial charge in [-0.1, -0.05) is 150 Å². The third-order valence-electron chi connectivity index (χ3n) is 17.4. The van der Waals surface area contributed by atoms with Gasteiger partial charge < -0.3 is 38.3 Å². The van der Waals surface area contributed by atoms with Crippen LogP contribution < -0.4 is 79.4 Å². The van der Waals surface area contributed by atoms with Gasteiger partial charge in [0.05, 0.1) is 48.4 Å². The average Bonchev–Trinajstić information content (AvgIpc) is 1.67. The normalized spacial score (nSPS) is 15.3. The van der Waals surface area contributed by atoms with E-state index in [1.807, 2.05) is 50.3 Å². The maximum atomic E-state index is 13.0. The van der Waals surface area contributed by atoms with Gasteiger partial charge in [-0.2, -0.15) is 18.2 Å². The zero-order chi connectivity index (χ0) is 71.6. The first kappa shape index (κ1) is 85.6. The van der Waals surface area contributed by atoms with Gasteiger partial charge in [0.25, 0.3) is 0 Å². The van der Waals surface area contributed by atoms with Crippen molar-refractivity contribution in [2.24, 2.45) is 0 Å². The summed E-state index contributed by atoms with van der Waals surface area (Å²) < 4.78 is 150. The molecule has 27 heteroatoms. The van der Waals surface area contributed by atoms with Crippen LogP contribution in [0.2, 0.25) is 0 Å². The number of amides is 1. The van der Waals surface area contributed by atoms with E-state index in [4.69, 9.17) is 44.2 Å². The summed E-state index contributed by atoms with van der Waals surface area (Å²) in [6.07, 6.45) is 15.8. The van der Waals surface area contributed by atoms with E-state index in [1.54, 1.807) is 6.07 Å². The number of allylic oxidation sites excluding steroid dienone is 7. The number of carbonyl (C=O) groups is 1. The van der Waals surface area contributed by atoms with Crippen LogP contribution in [0.3, 0.4) is 0 Å².